The normalized spacial score (nSPS) is 15.3. The minimum absolute atomic E-state index is 0.0798. The standard InChI is InChI=1S/C22H35N5O7/c1-13(29)18(21(32)26-17(12-28)22(33)34)27-20(31)16(11-14-7-3-2-4-8-14)25-19(30)15(24)9-5-6-10-23/h2-4,7-8,13,15-18,28-29H,5-6,9-12,23-24H2,1H3,(H,25,30)(H,26,32)(H,27,31)(H,33,34). The number of hydrogen-bond acceptors (Lipinski definition) is 8. The molecular formula is C22H35N5O7. The number of aliphatic hydroxyl groups is 2. The summed E-state index contributed by atoms with van der Waals surface area (Å²) in [5.74, 6) is -3.82. The number of nitrogens with two attached hydrogens (primary N) is 2. The Labute approximate surface area is 198 Å². The number of rotatable bonds is 15. The predicted molar refractivity (Wildman–Crippen MR) is 123 cm³/mol. The van der Waals surface area contributed by atoms with E-state index in [1.807, 2.05) is 5.32 Å². The lowest BCUT2D eigenvalue weighted by Crippen LogP contribution is -2.60. The number of benzene rings is 1. The van der Waals surface area contributed by atoms with Crippen molar-refractivity contribution < 1.29 is 34.5 Å². The number of carboxylic acid groups (broad SMARTS) is 1. The van der Waals surface area contributed by atoms with Crippen molar-refractivity contribution in [3.63, 3.8) is 0 Å². The van der Waals surface area contributed by atoms with Crippen LogP contribution in [0.5, 0.6) is 0 Å². The fraction of sp³-hybridized carbons (Fsp3) is 0.545. The summed E-state index contributed by atoms with van der Waals surface area (Å²) in [6.07, 6.45) is 0.394. The molecule has 0 saturated heterocycles. The zero-order valence-corrected chi connectivity index (χ0v) is 19.1. The highest BCUT2D eigenvalue weighted by atomic mass is 16.4. The highest BCUT2D eigenvalue weighted by Gasteiger charge is 2.32. The van der Waals surface area contributed by atoms with Crippen LogP contribution in [0.1, 0.15) is 31.7 Å². The Morgan fingerprint density at radius 2 is 1.56 bits per heavy atom. The van der Waals surface area contributed by atoms with Crippen LogP contribution >= 0.6 is 0 Å². The number of carboxylic acids is 1. The number of unbranched alkanes of at least 4 members (excludes halogenated alkanes) is 1. The molecule has 0 heterocycles. The van der Waals surface area contributed by atoms with Crippen LogP contribution in [-0.4, -0.2) is 82.4 Å². The minimum Gasteiger partial charge on any atom is -0.480 e. The van der Waals surface area contributed by atoms with E-state index >= 15 is 0 Å². The van der Waals surface area contributed by atoms with Crippen LogP contribution in [0.25, 0.3) is 0 Å². The Hall–Kier alpha value is -3.06. The SMILES string of the molecule is CC(O)C(NC(=O)C(Cc1ccccc1)NC(=O)C(N)CCCCN)C(=O)NC(CO)C(=O)O. The molecule has 0 bridgehead atoms. The van der Waals surface area contributed by atoms with Crippen LogP contribution in [0.15, 0.2) is 30.3 Å². The van der Waals surface area contributed by atoms with Gasteiger partial charge in [-0.25, -0.2) is 4.79 Å². The Bertz CT molecular complexity index is 806. The molecule has 0 aliphatic rings. The maximum Gasteiger partial charge on any atom is 0.328 e. The molecule has 3 amide bonds. The molecule has 34 heavy (non-hydrogen) atoms. The summed E-state index contributed by atoms with van der Waals surface area (Å²) in [4.78, 5) is 49.2. The topological polar surface area (TPSA) is 217 Å². The summed E-state index contributed by atoms with van der Waals surface area (Å²) in [5, 5.41) is 35.1. The quantitative estimate of drug-likeness (QED) is 0.125. The largest absolute Gasteiger partial charge is 0.480 e. The second-order valence-corrected chi connectivity index (χ2v) is 7.95. The van der Waals surface area contributed by atoms with E-state index in [0.29, 0.717) is 25.8 Å². The van der Waals surface area contributed by atoms with E-state index in [1.54, 1.807) is 30.3 Å². The zero-order valence-electron chi connectivity index (χ0n) is 19.1. The lowest BCUT2D eigenvalue weighted by atomic mass is 10.0. The van der Waals surface area contributed by atoms with E-state index in [1.165, 1.54) is 6.92 Å². The number of hydrogen-bond donors (Lipinski definition) is 8. The zero-order chi connectivity index (χ0) is 25.7. The maximum absolute atomic E-state index is 13.0. The third kappa shape index (κ3) is 9.83. The van der Waals surface area contributed by atoms with Crippen molar-refractivity contribution >= 4 is 23.7 Å². The number of carbonyl (C=O) groups excluding carboxylic acids is 3. The molecule has 1 aromatic rings. The summed E-state index contributed by atoms with van der Waals surface area (Å²) < 4.78 is 0. The minimum atomic E-state index is -1.61. The Morgan fingerprint density at radius 3 is 2.09 bits per heavy atom. The molecule has 0 saturated carbocycles. The van der Waals surface area contributed by atoms with E-state index in [4.69, 9.17) is 21.7 Å². The van der Waals surface area contributed by atoms with Gasteiger partial charge in [-0.2, -0.15) is 0 Å². The van der Waals surface area contributed by atoms with E-state index in [0.717, 1.165) is 5.56 Å². The Balaban J connectivity index is 3.00. The summed E-state index contributed by atoms with van der Waals surface area (Å²) in [6, 6.07) is 3.68. The first-order valence-electron chi connectivity index (χ1n) is 11.0. The molecule has 12 nitrogen and oxygen atoms in total. The third-order valence-corrected chi connectivity index (χ3v) is 5.08. The van der Waals surface area contributed by atoms with Crippen molar-refractivity contribution in [2.24, 2.45) is 11.5 Å². The fourth-order valence-electron chi connectivity index (χ4n) is 3.08. The van der Waals surface area contributed by atoms with Crippen molar-refractivity contribution in [2.45, 2.75) is 62.9 Å². The van der Waals surface area contributed by atoms with Gasteiger partial charge in [0.1, 0.15) is 18.1 Å². The van der Waals surface area contributed by atoms with Gasteiger partial charge in [0, 0.05) is 6.42 Å². The summed E-state index contributed by atoms with van der Waals surface area (Å²) in [6.45, 7) is 0.822. The third-order valence-electron chi connectivity index (χ3n) is 5.08. The van der Waals surface area contributed by atoms with Gasteiger partial charge in [-0.05, 0) is 31.9 Å². The van der Waals surface area contributed by atoms with Crippen LogP contribution in [-0.2, 0) is 25.6 Å². The van der Waals surface area contributed by atoms with E-state index in [2.05, 4.69) is 10.6 Å². The van der Waals surface area contributed by atoms with Gasteiger partial charge >= 0.3 is 5.97 Å². The molecule has 190 valence electrons. The molecule has 5 unspecified atom stereocenters. The summed E-state index contributed by atoms with van der Waals surface area (Å²) in [7, 11) is 0. The summed E-state index contributed by atoms with van der Waals surface area (Å²) in [5.41, 5.74) is 12.1. The van der Waals surface area contributed by atoms with Crippen molar-refractivity contribution in [3.8, 4) is 0 Å². The molecule has 12 heteroatoms. The molecular weight excluding hydrogens is 446 g/mol. The molecule has 0 radical (unpaired) electrons. The molecule has 5 atom stereocenters. The molecule has 0 aliphatic heterocycles. The van der Waals surface area contributed by atoms with Crippen molar-refractivity contribution in [3.05, 3.63) is 35.9 Å². The first-order valence-corrected chi connectivity index (χ1v) is 11.0. The van der Waals surface area contributed by atoms with E-state index in [9.17, 15) is 24.3 Å². The lowest BCUT2D eigenvalue weighted by molar-refractivity contribution is -0.144. The molecule has 0 fully saturated rings. The average Bonchev–Trinajstić information content (AvgIpc) is 2.80. The number of carbonyl (C=O) groups is 4. The molecule has 0 aliphatic carbocycles. The second kappa shape index (κ2) is 15.0. The van der Waals surface area contributed by atoms with Gasteiger partial charge in [-0.15, -0.1) is 0 Å². The molecule has 1 aromatic carbocycles. The van der Waals surface area contributed by atoms with Crippen LogP contribution in [0, 0.1) is 0 Å². The van der Waals surface area contributed by atoms with Crippen molar-refractivity contribution in [2.75, 3.05) is 13.2 Å². The number of aliphatic hydroxyl groups excluding tert-OH is 2. The molecule has 0 aromatic heterocycles. The van der Waals surface area contributed by atoms with Crippen LogP contribution in [0.4, 0.5) is 0 Å². The number of nitrogens with one attached hydrogen (secondary N) is 3. The first-order chi connectivity index (χ1) is 16.1. The van der Waals surface area contributed by atoms with Crippen LogP contribution in [0.2, 0.25) is 0 Å². The van der Waals surface area contributed by atoms with Gasteiger partial charge in [-0.1, -0.05) is 36.8 Å². The highest BCUT2D eigenvalue weighted by Crippen LogP contribution is 2.06. The van der Waals surface area contributed by atoms with Gasteiger partial charge in [0.2, 0.25) is 17.7 Å². The van der Waals surface area contributed by atoms with Gasteiger partial charge in [0.15, 0.2) is 0 Å². The van der Waals surface area contributed by atoms with Gasteiger partial charge < -0.3 is 42.7 Å². The van der Waals surface area contributed by atoms with E-state index in [-0.39, 0.29) is 6.42 Å². The van der Waals surface area contributed by atoms with Gasteiger partial charge in [-0.3, -0.25) is 14.4 Å². The van der Waals surface area contributed by atoms with Gasteiger partial charge in [0.25, 0.3) is 0 Å². The molecule has 10 N–H and O–H groups in total. The monoisotopic (exact) mass is 481 g/mol. The smallest absolute Gasteiger partial charge is 0.328 e. The highest BCUT2D eigenvalue weighted by molar-refractivity contribution is 5.94. The van der Waals surface area contributed by atoms with Crippen LogP contribution in [0.3, 0.4) is 0 Å². The average molecular weight is 482 g/mol. The van der Waals surface area contributed by atoms with Crippen LogP contribution < -0.4 is 27.4 Å². The van der Waals surface area contributed by atoms with E-state index < -0.39 is 60.6 Å². The fourth-order valence-corrected chi connectivity index (χ4v) is 3.08. The van der Waals surface area contributed by atoms with Crippen molar-refractivity contribution in [1.29, 1.82) is 0 Å². The summed E-state index contributed by atoms with van der Waals surface area (Å²) >= 11 is 0. The first kappa shape index (κ1) is 29.0. The predicted octanol–water partition coefficient (Wildman–Crippen LogP) is -2.40. The van der Waals surface area contributed by atoms with Gasteiger partial charge in [0.05, 0.1) is 18.8 Å². The Morgan fingerprint density at radius 1 is 0.941 bits per heavy atom. The maximum atomic E-state index is 13.0. The number of amides is 3. The second-order valence-electron chi connectivity index (χ2n) is 7.95. The Kier molecular flexibility index (Phi) is 12.7. The molecule has 1 rings (SSSR count). The molecule has 0 spiro atoms. The number of aliphatic carboxylic acids is 1. The lowest BCUT2D eigenvalue weighted by Gasteiger charge is -2.26. The van der Waals surface area contributed by atoms with Crippen molar-refractivity contribution in [1.82, 2.24) is 16.0 Å².